The molecule has 0 N–H and O–H groups in total. The summed E-state index contributed by atoms with van der Waals surface area (Å²) in [7, 11) is 2.37. The standard InChI is InChI=1S/C21H16FNO6/c1-11-6-17(16-5-4-14(22)10-18(16)23-11)21(26)29-15-8-12(19(24)27-2)7-13(9-15)20(25)28-3/h4-10H,1-3H3. The summed E-state index contributed by atoms with van der Waals surface area (Å²) in [5, 5.41) is 0.402. The molecule has 0 bridgehead atoms. The summed E-state index contributed by atoms with van der Waals surface area (Å²) >= 11 is 0. The van der Waals surface area contributed by atoms with Crippen LogP contribution in [0.5, 0.6) is 5.75 Å². The first-order valence-corrected chi connectivity index (χ1v) is 8.43. The number of rotatable bonds is 4. The zero-order valence-corrected chi connectivity index (χ0v) is 15.8. The highest BCUT2D eigenvalue weighted by molar-refractivity contribution is 6.04. The average molecular weight is 397 g/mol. The molecule has 3 aromatic rings. The van der Waals surface area contributed by atoms with Crippen molar-refractivity contribution in [3.05, 3.63) is 70.7 Å². The molecule has 0 aliphatic carbocycles. The maximum atomic E-state index is 13.5. The predicted molar refractivity (Wildman–Crippen MR) is 101 cm³/mol. The summed E-state index contributed by atoms with van der Waals surface area (Å²) in [4.78, 5) is 40.8. The number of aromatic nitrogens is 1. The van der Waals surface area contributed by atoms with E-state index in [1.807, 2.05) is 0 Å². The van der Waals surface area contributed by atoms with E-state index in [0.29, 0.717) is 16.6 Å². The molecule has 29 heavy (non-hydrogen) atoms. The normalized spacial score (nSPS) is 10.5. The summed E-state index contributed by atoms with van der Waals surface area (Å²) in [6.07, 6.45) is 0. The molecule has 0 unspecified atom stereocenters. The molecule has 0 radical (unpaired) electrons. The molecule has 0 aliphatic heterocycles. The van der Waals surface area contributed by atoms with Crippen molar-refractivity contribution in [3.8, 4) is 5.75 Å². The Hall–Kier alpha value is -3.81. The molecule has 0 saturated heterocycles. The number of esters is 3. The van der Waals surface area contributed by atoms with Gasteiger partial charge in [0, 0.05) is 17.1 Å². The lowest BCUT2D eigenvalue weighted by molar-refractivity contribution is 0.0593. The third-order valence-corrected chi connectivity index (χ3v) is 4.08. The van der Waals surface area contributed by atoms with Crippen molar-refractivity contribution in [1.29, 1.82) is 0 Å². The molecule has 7 nitrogen and oxygen atoms in total. The van der Waals surface area contributed by atoms with Gasteiger partial charge in [-0.25, -0.2) is 18.8 Å². The maximum Gasteiger partial charge on any atom is 0.344 e. The number of fused-ring (bicyclic) bond motifs is 1. The average Bonchev–Trinajstić information content (AvgIpc) is 2.71. The van der Waals surface area contributed by atoms with E-state index in [1.165, 1.54) is 56.7 Å². The van der Waals surface area contributed by atoms with Crippen LogP contribution >= 0.6 is 0 Å². The van der Waals surface area contributed by atoms with E-state index >= 15 is 0 Å². The van der Waals surface area contributed by atoms with Crippen molar-refractivity contribution in [2.24, 2.45) is 0 Å². The van der Waals surface area contributed by atoms with Gasteiger partial charge in [0.05, 0.1) is 36.4 Å². The molecule has 0 amide bonds. The molecule has 0 saturated carbocycles. The van der Waals surface area contributed by atoms with E-state index in [0.717, 1.165) is 0 Å². The van der Waals surface area contributed by atoms with Crippen LogP contribution in [0, 0.1) is 12.7 Å². The molecule has 1 aromatic heterocycles. The molecule has 0 spiro atoms. The van der Waals surface area contributed by atoms with Gasteiger partial charge in [0.25, 0.3) is 0 Å². The van der Waals surface area contributed by atoms with Gasteiger partial charge in [-0.1, -0.05) is 0 Å². The molecule has 0 atom stereocenters. The number of ether oxygens (including phenoxy) is 3. The van der Waals surface area contributed by atoms with Gasteiger partial charge in [0.2, 0.25) is 0 Å². The summed E-state index contributed by atoms with van der Waals surface area (Å²) in [5.74, 6) is -2.72. The second-order valence-electron chi connectivity index (χ2n) is 6.09. The van der Waals surface area contributed by atoms with Crippen LogP contribution in [0.25, 0.3) is 10.9 Å². The van der Waals surface area contributed by atoms with Gasteiger partial charge >= 0.3 is 17.9 Å². The number of methoxy groups -OCH3 is 2. The monoisotopic (exact) mass is 397 g/mol. The minimum absolute atomic E-state index is 0.0102. The number of halogens is 1. The van der Waals surface area contributed by atoms with E-state index in [2.05, 4.69) is 14.5 Å². The first-order chi connectivity index (χ1) is 13.8. The largest absolute Gasteiger partial charge is 0.465 e. The Morgan fingerprint density at radius 1 is 0.862 bits per heavy atom. The van der Waals surface area contributed by atoms with Crippen LogP contribution in [-0.2, 0) is 9.47 Å². The molecular formula is C21H16FNO6. The fourth-order valence-electron chi connectivity index (χ4n) is 2.79. The Labute approximate surface area is 165 Å². The maximum absolute atomic E-state index is 13.5. The second-order valence-corrected chi connectivity index (χ2v) is 6.09. The van der Waals surface area contributed by atoms with Gasteiger partial charge in [-0.05, 0) is 43.3 Å². The van der Waals surface area contributed by atoms with Crippen molar-refractivity contribution in [2.45, 2.75) is 6.92 Å². The van der Waals surface area contributed by atoms with Crippen LogP contribution in [0.15, 0.2) is 42.5 Å². The van der Waals surface area contributed by atoms with Crippen molar-refractivity contribution < 1.29 is 33.0 Å². The molecular weight excluding hydrogens is 381 g/mol. The lowest BCUT2D eigenvalue weighted by atomic mass is 10.1. The Bertz CT molecular complexity index is 1100. The number of aryl methyl sites for hydroxylation is 1. The minimum Gasteiger partial charge on any atom is -0.465 e. The van der Waals surface area contributed by atoms with Crippen molar-refractivity contribution in [2.75, 3.05) is 14.2 Å². The van der Waals surface area contributed by atoms with Crippen molar-refractivity contribution >= 4 is 28.8 Å². The predicted octanol–water partition coefficient (Wildman–Crippen LogP) is 3.47. The van der Waals surface area contributed by atoms with E-state index in [1.54, 1.807) is 6.92 Å². The highest BCUT2D eigenvalue weighted by atomic mass is 19.1. The summed E-state index contributed by atoms with van der Waals surface area (Å²) in [6, 6.07) is 9.17. The van der Waals surface area contributed by atoms with Gasteiger partial charge in [-0.15, -0.1) is 0 Å². The number of carbonyl (C=O) groups excluding carboxylic acids is 3. The quantitative estimate of drug-likeness (QED) is 0.492. The molecule has 0 fully saturated rings. The van der Waals surface area contributed by atoms with Gasteiger partial charge < -0.3 is 14.2 Å². The summed E-state index contributed by atoms with van der Waals surface area (Å²) in [6.45, 7) is 1.66. The summed E-state index contributed by atoms with van der Waals surface area (Å²) in [5.41, 5.74) is 0.979. The lowest BCUT2D eigenvalue weighted by Crippen LogP contribution is -2.12. The highest BCUT2D eigenvalue weighted by Gasteiger charge is 2.19. The van der Waals surface area contributed by atoms with Crippen molar-refractivity contribution in [3.63, 3.8) is 0 Å². The van der Waals surface area contributed by atoms with Crippen LogP contribution in [0.3, 0.4) is 0 Å². The van der Waals surface area contributed by atoms with Crippen LogP contribution in [0.4, 0.5) is 4.39 Å². The Morgan fingerprint density at radius 3 is 2.07 bits per heavy atom. The first-order valence-electron chi connectivity index (χ1n) is 8.43. The van der Waals surface area contributed by atoms with Crippen LogP contribution in [0.2, 0.25) is 0 Å². The van der Waals surface area contributed by atoms with Gasteiger partial charge in [-0.2, -0.15) is 0 Å². The van der Waals surface area contributed by atoms with Gasteiger partial charge in [0.1, 0.15) is 11.6 Å². The molecule has 8 heteroatoms. The second kappa shape index (κ2) is 8.05. The zero-order chi connectivity index (χ0) is 21.1. The molecule has 1 heterocycles. The van der Waals surface area contributed by atoms with Crippen LogP contribution in [-0.4, -0.2) is 37.1 Å². The molecule has 3 rings (SSSR count). The minimum atomic E-state index is -0.759. The van der Waals surface area contributed by atoms with Crippen LogP contribution in [0.1, 0.15) is 36.8 Å². The molecule has 148 valence electrons. The number of hydrogen-bond donors (Lipinski definition) is 0. The SMILES string of the molecule is COC(=O)c1cc(OC(=O)c2cc(C)nc3cc(F)ccc23)cc(C(=O)OC)c1. The zero-order valence-electron chi connectivity index (χ0n) is 15.8. The lowest BCUT2D eigenvalue weighted by Gasteiger charge is -2.10. The number of pyridine rings is 1. The van der Waals surface area contributed by atoms with E-state index in [4.69, 9.17) is 4.74 Å². The Morgan fingerprint density at radius 2 is 1.48 bits per heavy atom. The number of carbonyl (C=O) groups is 3. The topological polar surface area (TPSA) is 91.8 Å². The van der Waals surface area contributed by atoms with Gasteiger partial charge in [0.15, 0.2) is 0 Å². The third kappa shape index (κ3) is 4.21. The highest BCUT2D eigenvalue weighted by Crippen LogP contribution is 2.24. The third-order valence-electron chi connectivity index (χ3n) is 4.08. The number of nitrogens with zero attached hydrogens (tertiary/aromatic N) is 1. The Balaban J connectivity index is 2.04. The fraction of sp³-hybridized carbons (Fsp3) is 0.143. The van der Waals surface area contributed by atoms with Gasteiger partial charge in [-0.3, -0.25) is 4.98 Å². The molecule has 2 aromatic carbocycles. The smallest absolute Gasteiger partial charge is 0.344 e. The number of benzene rings is 2. The van der Waals surface area contributed by atoms with E-state index in [9.17, 15) is 18.8 Å². The van der Waals surface area contributed by atoms with E-state index < -0.39 is 23.7 Å². The number of hydrogen-bond acceptors (Lipinski definition) is 7. The van der Waals surface area contributed by atoms with E-state index in [-0.39, 0.29) is 22.4 Å². The first kappa shape index (κ1) is 19.9. The Kier molecular flexibility index (Phi) is 5.54. The van der Waals surface area contributed by atoms with Crippen molar-refractivity contribution in [1.82, 2.24) is 4.98 Å². The fourth-order valence-corrected chi connectivity index (χ4v) is 2.79. The molecule has 0 aliphatic rings. The summed E-state index contributed by atoms with van der Waals surface area (Å²) < 4.78 is 28.2. The van der Waals surface area contributed by atoms with Crippen LogP contribution < -0.4 is 4.74 Å².